The van der Waals surface area contributed by atoms with Crippen LogP contribution in [0.3, 0.4) is 0 Å². The molecule has 1 heterocycles. The van der Waals surface area contributed by atoms with Gasteiger partial charge in [0.05, 0.1) is 6.61 Å². The SMILES string of the molecule is NC(CN(CC1CC1)C1CC1)C1CCOC1. The zero-order chi connectivity index (χ0) is 11.0. The Morgan fingerprint density at radius 3 is 2.56 bits per heavy atom. The minimum atomic E-state index is 0.335. The van der Waals surface area contributed by atoms with Crippen molar-refractivity contribution in [2.45, 2.75) is 44.2 Å². The van der Waals surface area contributed by atoms with Crippen LogP contribution in [0.5, 0.6) is 0 Å². The van der Waals surface area contributed by atoms with Crippen molar-refractivity contribution in [2.24, 2.45) is 17.6 Å². The van der Waals surface area contributed by atoms with Crippen molar-refractivity contribution in [3.05, 3.63) is 0 Å². The first-order chi connectivity index (χ1) is 7.83. The standard InChI is InChI=1S/C13H24N2O/c14-13(11-5-6-16-9-11)8-15(12-3-4-12)7-10-1-2-10/h10-13H,1-9,14H2. The van der Waals surface area contributed by atoms with E-state index in [4.69, 9.17) is 10.5 Å². The van der Waals surface area contributed by atoms with Crippen molar-refractivity contribution in [2.75, 3.05) is 26.3 Å². The van der Waals surface area contributed by atoms with Crippen LogP contribution in [0.1, 0.15) is 32.1 Å². The number of nitrogens with two attached hydrogens (primary N) is 1. The van der Waals surface area contributed by atoms with Gasteiger partial charge in [-0.3, -0.25) is 4.90 Å². The third kappa shape index (κ3) is 2.76. The zero-order valence-corrected chi connectivity index (χ0v) is 10.1. The van der Waals surface area contributed by atoms with E-state index in [1.165, 1.54) is 38.6 Å². The van der Waals surface area contributed by atoms with Gasteiger partial charge in [0.25, 0.3) is 0 Å². The van der Waals surface area contributed by atoms with E-state index in [2.05, 4.69) is 4.90 Å². The molecule has 2 N–H and O–H groups in total. The minimum Gasteiger partial charge on any atom is -0.381 e. The second-order valence-corrected chi connectivity index (χ2v) is 5.92. The Bertz CT molecular complexity index is 232. The summed E-state index contributed by atoms with van der Waals surface area (Å²) in [5.41, 5.74) is 6.32. The molecule has 16 heavy (non-hydrogen) atoms. The van der Waals surface area contributed by atoms with E-state index in [1.54, 1.807) is 0 Å². The molecule has 3 heteroatoms. The quantitative estimate of drug-likeness (QED) is 0.737. The van der Waals surface area contributed by atoms with Crippen LogP contribution >= 0.6 is 0 Å². The summed E-state index contributed by atoms with van der Waals surface area (Å²) in [6, 6.07) is 1.20. The van der Waals surface area contributed by atoms with Crippen LogP contribution in [0.25, 0.3) is 0 Å². The van der Waals surface area contributed by atoms with E-state index in [9.17, 15) is 0 Å². The van der Waals surface area contributed by atoms with E-state index in [-0.39, 0.29) is 0 Å². The molecule has 2 atom stereocenters. The molecular weight excluding hydrogens is 200 g/mol. The maximum absolute atomic E-state index is 6.32. The van der Waals surface area contributed by atoms with Crippen LogP contribution in [-0.2, 0) is 4.74 Å². The molecule has 3 fully saturated rings. The summed E-state index contributed by atoms with van der Waals surface area (Å²) in [4.78, 5) is 2.67. The van der Waals surface area contributed by atoms with E-state index in [1.807, 2.05) is 0 Å². The summed E-state index contributed by atoms with van der Waals surface area (Å²) in [6.45, 7) is 4.23. The van der Waals surface area contributed by atoms with Crippen molar-refractivity contribution in [3.63, 3.8) is 0 Å². The molecule has 2 unspecified atom stereocenters. The first kappa shape index (κ1) is 11.0. The van der Waals surface area contributed by atoms with E-state index >= 15 is 0 Å². The summed E-state index contributed by atoms with van der Waals surface area (Å²) in [5.74, 6) is 1.60. The third-order valence-electron chi connectivity index (χ3n) is 4.27. The number of nitrogens with zero attached hydrogens (tertiary/aromatic N) is 1. The van der Waals surface area contributed by atoms with Crippen LogP contribution in [-0.4, -0.2) is 43.3 Å². The van der Waals surface area contributed by atoms with Gasteiger partial charge < -0.3 is 10.5 Å². The smallest absolute Gasteiger partial charge is 0.0510 e. The average molecular weight is 224 g/mol. The molecule has 1 aliphatic heterocycles. The van der Waals surface area contributed by atoms with E-state index in [0.29, 0.717) is 12.0 Å². The Balaban J connectivity index is 1.48. The Morgan fingerprint density at radius 2 is 2.00 bits per heavy atom. The molecule has 3 rings (SSSR count). The van der Waals surface area contributed by atoms with Crippen LogP contribution in [0, 0.1) is 11.8 Å². The van der Waals surface area contributed by atoms with Crippen LogP contribution in [0.15, 0.2) is 0 Å². The fourth-order valence-corrected chi connectivity index (χ4v) is 2.75. The monoisotopic (exact) mass is 224 g/mol. The zero-order valence-electron chi connectivity index (χ0n) is 10.1. The van der Waals surface area contributed by atoms with Gasteiger partial charge in [0.2, 0.25) is 0 Å². The summed E-state index contributed by atoms with van der Waals surface area (Å²) in [7, 11) is 0. The topological polar surface area (TPSA) is 38.5 Å². The molecule has 0 amide bonds. The molecule has 0 bridgehead atoms. The van der Waals surface area contributed by atoms with Crippen molar-refractivity contribution < 1.29 is 4.74 Å². The molecule has 0 radical (unpaired) electrons. The molecule has 0 spiro atoms. The minimum absolute atomic E-state index is 0.335. The predicted octanol–water partition coefficient (Wildman–Crippen LogP) is 1.22. The van der Waals surface area contributed by atoms with Gasteiger partial charge in [-0.1, -0.05) is 0 Å². The first-order valence-corrected chi connectivity index (χ1v) is 6.90. The first-order valence-electron chi connectivity index (χ1n) is 6.90. The van der Waals surface area contributed by atoms with Gasteiger partial charge in [0.1, 0.15) is 0 Å². The number of hydrogen-bond donors (Lipinski definition) is 1. The molecule has 0 aromatic heterocycles. The van der Waals surface area contributed by atoms with Gasteiger partial charge in [-0.05, 0) is 38.0 Å². The lowest BCUT2D eigenvalue weighted by Gasteiger charge is -2.28. The van der Waals surface area contributed by atoms with Crippen molar-refractivity contribution in [1.29, 1.82) is 0 Å². The summed E-state index contributed by atoms with van der Waals surface area (Å²) in [5, 5.41) is 0. The molecule has 2 aliphatic carbocycles. The van der Waals surface area contributed by atoms with Gasteiger partial charge in [-0.15, -0.1) is 0 Å². The maximum atomic E-state index is 6.32. The second kappa shape index (κ2) is 4.63. The van der Waals surface area contributed by atoms with Gasteiger partial charge in [0.15, 0.2) is 0 Å². The lowest BCUT2D eigenvalue weighted by atomic mass is 9.99. The molecule has 1 saturated heterocycles. The third-order valence-corrected chi connectivity index (χ3v) is 4.27. The maximum Gasteiger partial charge on any atom is 0.0510 e. The van der Waals surface area contributed by atoms with E-state index in [0.717, 1.165) is 31.7 Å². The molecule has 2 saturated carbocycles. The Hall–Kier alpha value is -0.120. The van der Waals surface area contributed by atoms with Crippen molar-refractivity contribution in [1.82, 2.24) is 4.90 Å². The Morgan fingerprint density at radius 1 is 1.19 bits per heavy atom. The number of rotatable bonds is 6. The largest absolute Gasteiger partial charge is 0.381 e. The highest BCUT2D eigenvalue weighted by Gasteiger charge is 2.35. The van der Waals surface area contributed by atoms with Crippen molar-refractivity contribution in [3.8, 4) is 0 Å². The van der Waals surface area contributed by atoms with Crippen LogP contribution in [0.4, 0.5) is 0 Å². The molecule has 3 aliphatic rings. The highest BCUT2D eigenvalue weighted by molar-refractivity contribution is 4.91. The van der Waals surface area contributed by atoms with Gasteiger partial charge in [0, 0.05) is 37.7 Å². The Labute approximate surface area is 98.3 Å². The van der Waals surface area contributed by atoms with Crippen LogP contribution in [0.2, 0.25) is 0 Å². The average Bonchev–Trinajstić information content (AvgIpc) is 3.18. The predicted molar refractivity (Wildman–Crippen MR) is 64.2 cm³/mol. The summed E-state index contributed by atoms with van der Waals surface area (Å²) >= 11 is 0. The highest BCUT2D eigenvalue weighted by atomic mass is 16.5. The molecule has 3 nitrogen and oxygen atoms in total. The molecular formula is C13H24N2O. The number of hydrogen-bond acceptors (Lipinski definition) is 3. The fourth-order valence-electron chi connectivity index (χ4n) is 2.75. The van der Waals surface area contributed by atoms with Gasteiger partial charge >= 0.3 is 0 Å². The van der Waals surface area contributed by atoms with Crippen LogP contribution < -0.4 is 5.73 Å². The summed E-state index contributed by atoms with van der Waals surface area (Å²) in [6.07, 6.45) is 6.88. The number of ether oxygens (including phenoxy) is 1. The summed E-state index contributed by atoms with van der Waals surface area (Å²) < 4.78 is 5.43. The molecule has 0 aromatic carbocycles. The highest BCUT2D eigenvalue weighted by Crippen LogP contribution is 2.35. The van der Waals surface area contributed by atoms with E-state index < -0.39 is 0 Å². The molecule has 0 aromatic rings. The van der Waals surface area contributed by atoms with Crippen molar-refractivity contribution >= 4 is 0 Å². The fraction of sp³-hybridized carbons (Fsp3) is 1.00. The normalized spacial score (nSPS) is 32.2. The lowest BCUT2D eigenvalue weighted by Crippen LogP contribution is -2.44. The Kier molecular flexibility index (Phi) is 3.18. The molecule has 92 valence electrons. The van der Waals surface area contributed by atoms with Gasteiger partial charge in [-0.25, -0.2) is 0 Å². The second-order valence-electron chi connectivity index (χ2n) is 5.92. The lowest BCUT2D eigenvalue weighted by molar-refractivity contribution is 0.166. The van der Waals surface area contributed by atoms with Gasteiger partial charge in [-0.2, -0.15) is 0 Å².